The van der Waals surface area contributed by atoms with Gasteiger partial charge >= 0.3 is 0 Å². The van der Waals surface area contributed by atoms with Gasteiger partial charge < -0.3 is 5.11 Å². The summed E-state index contributed by atoms with van der Waals surface area (Å²) in [5.41, 5.74) is -1.69. The molecule has 2 rings (SSSR count). The fourth-order valence-corrected chi connectivity index (χ4v) is 2.11. The Morgan fingerprint density at radius 2 is 1.88 bits per heavy atom. The number of Topliss-reactive ketones (excluding diaryl/α,β-unsaturated/α-hetero) is 1. The van der Waals surface area contributed by atoms with Crippen LogP contribution in [0.5, 0.6) is 0 Å². The minimum atomic E-state index is -1.46. The number of benzene rings is 1. The molecule has 1 aromatic rings. The molecule has 0 aromatic heterocycles. The zero-order valence-electron chi connectivity index (χ0n) is 8.67. The Labute approximate surface area is 91.9 Å². The first-order valence-electron chi connectivity index (χ1n) is 5.25. The van der Waals surface area contributed by atoms with Gasteiger partial charge in [-0.15, -0.1) is 0 Å². The zero-order chi connectivity index (χ0) is 11.8. The quantitative estimate of drug-likeness (QED) is 0.786. The zero-order valence-corrected chi connectivity index (χ0v) is 8.67. The van der Waals surface area contributed by atoms with E-state index in [1.54, 1.807) is 0 Å². The summed E-state index contributed by atoms with van der Waals surface area (Å²) >= 11 is 0. The minimum Gasteiger partial charge on any atom is -0.382 e. The van der Waals surface area contributed by atoms with Crippen LogP contribution >= 0.6 is 0 Å². The molecule has 1 aromatic carbocycles. The van der Waals surface area contributed by atoms with Gasteiger partial charge in [-0.05, 0) is 37.8 Å². The van der Waals surface area contributed by atoms with E-state index < -0.39 is 23.0 Å². The first-order valence-corrected chi connectivity index (χ1v) is 5.25. The Hall–Kier alpha value is -1.29. The number of carbonyl (C=O) groups excluding carboxylic acids is 1. The van der Waals surface area contributed by atoms with Crippen molar-refractivity contribution < 1.29 is 18.7 Å². The number of aliphatic hydroxyl groups is 1. The molecule has 1 aliphatic rings. The molecule has 0 spiro atoms. The predicted molar refractivity (Wildman–Crippen MR) is 54.1 cm³/mol. The second kappa shape index (κ2) is 3.94. The average Bonchev–Trinajstić information content (AvgIpc) is 2.66. The van der Waals surface area contributed by atoms with Gasteiger partial charge in [0, 0.05) is 6.07 Å². The van der Waals surface area contributed by atoms with Gasteiger partial charge in [-0.3, -0.25) is 4.79 Å². The van der Waals surface area contributed by atoms with E-state index in [4.69, 9.17) is 0 Å². The van der Waals surface area contributed by atoms with Crippen LogP contribution in [0.25, 0.3) is 0 Å². The Morgan fingerprint density at radius 3 is 2.44 bits per heavy atom. The number of hydrogen-bond acceptors (Lipinski definition) is 2. The molecule has 0 atom stereocenters. The van der Waals surface area contributed by atoms with Crippen LogP contribution in [0.4, 0.5) is 8.78 Å². The minimum absolute atomic E-state index is 0.231. The molecule has 86 valence electrons. The van der Waals surface area contributed by atoms with E-state index in [9.17, 15) is 18.7 Å². The normalized spacial score (nSPS) is 18.7. The lowest BCUT2D eigenvalue weighted by atomic mass is 9.91. The van der Waals surface area contributed by atoms with Crippen LogP contribution in [0.1, 0.15) is 36.0 Å². The Morgan fingerprint density at radius 1 is 1.25 bits per heavy atom. The van der Waals surface area contributed by atoms with E-state index in [2.05, 4.69) is 0 Å². The van der Waals surface area contributed by atoms with Gasteiger partial charge in [-0.2, -0.15) is 0 Å². The van der Waals surface area contributed by atoms with Crippen molar-refractivity contribution in [1.29, 1.82) is 0 Å². The predicted octanol–water partition coefficient (Wildman–Crippen LogP) is 2.45. The number of halogens is 2. The first-order chi connectivity index (χ1) is 7.53. The smallest absolute Gasteiger partial charge is 0.197 e. The summed E-state index contributed by atoms with van der Waals surface area (Å²) in [5, 5.41) is 10.00. The van der Waals surface area contributed by atoms with Gasteiger partial charge in [0.15, 0.2) is 5.78 Å². The molecular weight excluding hydrogens is 214 g/mol. The van der Waals surface area contributed by atoms with E-state index >= 15 is 0 Å². The molecule has 0 radical (unpaired) electrons. The fourth-order valence-electron chi connectivity index (χ4n) is 2.11. The lowest BCUT2D eigenvalue weighted by Crippen LogP contribution is -2.35. The molecule has 0 bridgehead atoms. The number of hydrogen-bond donors (Lipinski definition) is 1. The van der Waals surface area contributed by atoms with Crippen LogP contribution < -0.4 is 0 Å². The van der Waals surface area contributed by atoms with E-state index in [1.165, 1.54) is 0 Å². The molecule has 4 heteroatoms. The topological polar surface area (TPSA) is 37.3 Å². The third-order valence-corrected chi connectivity index (χ3v) is 3.03. The average molecular weight is 226 g/mol. The molecule has 0 unspecified atom stereocenters. The molecule has 16 heavy (non-hydrogen) atoms. The molecular formula is C12H12F2O2. The molecule has 2 nitrogen and oxygen atoms in total. The van der Waals surface area contributed by atoms with Crippen molar-refractivity contribution in [3.63, 3.8) is 0 Å². The van der Waals surface area contributed by atoms with E-state index in [0.29, 0.717) is 18.9 Å². The maximum atomic E-state index is 13.4. The SMILES string of the molecule is O=C(c1ccc(F)cc1F)C1(O)CCCC1. The van der Waals surface area contributed by atoms with Gasteiger partial charge in [-0.1, -0.05) is 0 Å². The monoisotopic (exact) mass is 226 g/mol. The van der Waals surface area contributed by atoms with Crippen molar-refractivity contribution in [3.8, 4) is 0 Å². The highest BCUT2D eigenvalue weighted by atomic mass is 19.1. The van der Waals surface area contributed by atoms with Gasteiger partial charge in [0.1, 0.15) is 17.2 Å². The van der Waals surface area contributed by atoms with Gasteiger partial charge in [-0.25, -0.2) is 8.78 Å². The summed E-state index contributed by atoms with van der Waals surface area (Å²) < 4.78 is 26.0. The summed E-state index contributed by atoms with van der Waals surface area (Å²) in [5.74, 6) is -2.28. The molecule has 0 amide bonds. The van der Waals surface area contributed by atoms with Crippen LogP contribution in [0.15, 0.2) is 18.2 Å². The maximum Gasteiger partial charge on any atom is 0.197 e. The molecule has 1 saturated carbocycles. The van der Waals surface area contributed by atoms with E-state index in [-0.39, 0.29) is 5.56 Å². The highest BCUT2D eigenvalue weighted by Gasteiger charge is 2.40. The standard InChI is InChI=1S/C12H12F2O2/c13-8-3-4-9(10(14)7-8)11(15)12(16)5-1-2-6-12/h3-4,7,16H,1-2,5-6H2. The molecule has 1 aliphatic carbocycles. The summed E-state index contributed by atoms with van der Waals surface area (Å²) in [6, 6.07) is 2.77. The van der Waals surface area contributed by atoms with Crippen LogP contribution in [-0.4, -0.2) is 16.5 Å². The van der Waals surface area contributed by atoms with Crippen LogP contribution in [-0.2, 0) is 0 Å². The third kappa shape index (κ3) is 1.85. The lowest BCUT2D eigenvalue weighted by molar-refractivity contribution is 0.0349. The summed E-state index contributed by atoms with van der Waals surface area (Å²) in [6.45, 7) is 0. The fraction of sp³-hybridized carbons (Fsp3) is 0.417. The summed E-state index contributed by atoms with van der Waals surface area (Å²) in [4.78, 5) is 11.9. The van der Waals surface area contributed by atoms with Crippen molar-refractivity contribution in [2.45, 2.75) is 31.3 Å². The second-order valence-electron chi connectivity index (χ2n) is 4.19. The summed E-state index contributed by atoms with van der Waals surface area (Å²) in [7, 11) is 0. The van der Waals surface area contributed by atoms with Crippen LogP contribution in [0.3, 0.4) is 0 Å². The van der Waals surface area contributed by atoms with Crippen LogP contribution in [0.2, 0.25) is 0 Å². The van der Waals surface area contributed by atoms with Crippen molar-refractivity contribution in [2.24, 2.45) is 0 Å². The highest BCUT2D eigenvalue weighted by molar-refractivity contribution is 6.02. The van der Waals surface area contributed by atoms with Crippen molar-refractivity contribution in [1.82, 2.24) is 0 Å². The Balaban J connectivity index is 2.33. The molecule has 0 saturated heterocycles. The van der Waals surface area contributed by atoms with Crippen molar-refractivity contribution in [3.05, 3.63) is 35.4 Å². The van der Waals surface area contributed by atoms with E-state index in [1.807, 2.05) is 0 Å². The Bertz CT molecular complexity index is 423. The maximum absolute atomic E-state index is 13.4. The highest BCUT2D eigenvalue weighted by Crippen LogP contribution is 2.33. The van der Waals surface area contributed by atoms with Gasteiger partial charge in [0.2, 0.25) is 0 Å². The number of carbonyl (C=O) groups is 1. The van der Waals surface area contributed by atoms with E-state index in [0.717, 1.165) is 25.0 Å². The van der Waals surface area contributed by atoms with Crippen molar-refractivity contribution in [2.75, 3.05) is 0 Å². The largest absolute Gasteiger partial charge is 0.382 e. The third-order valence-electron chi connectivity index (χ3n) is 3.03. The second-order valence-corrected chi connectivity index (χ2v) is 4.19. The van der Waals surface area contributed by atoms with Crippen molar-refractivity contribution >= 4 is 5.78 Å². The molecule has 1 N–H and O–H groups in total. The van der Waals surface area contributed by atoms with Crippen LogP contribution in [0, 0.1) is 11.6 Å². The number of ketones is 1. The molecule has 0 aliphatic heterocycles. The Kier molecular flexibility index (Phi) is 2.76. The molecule has 1 fully saturated rings. The lowest BCUT2D eigenvalue weighted by Gasteiger charge is -2.20. The van der Waals surface area contributed by atoms with Gasteiger partial charge in [0.25, 0.3) is 0 Å². The first kappa shape index (κ1) is 11.2. The summed E-state index contributed by atoms with van der Waals surface area (Å²) in [6.07, 6.45) is 2.21. The molecule has 0 heterocycles. The number of rotatable bonds is 2. The van der Waals surface area contributed by atoms with Gasteiger partial charge in [0.05, 0.1) is 5.56 Å².